The normalized spacial score (nSPS) is 16.8. The number of nitrogens with zero attached hydrogens (tertiary/aromatic N) is 4. The highest BCUT2D eigenvalue weighted by Crippen LogP contribution is 2.35. The highest BCUT2D eigenvalue weighted by atomic mass is 32.1. The number of nitrogens with one attached hydrogen (secondary N) is 2. The fourth-order valence-corrected chi connectivity index (χ4v) is 4.81. The summed E-state index contributed by atoms with van der Waals surface area (Å²) in [5.41, 5.74) is 3.70. The van der Waals surface area contributed by atoms with Gasteiger partial charge in [-0.3, -0.25) is 4.79 Å². The summed E-state index contributed by atoms with van der Waals surface area (Å²) < 4.78 is 12.1. The Labute approximate surface area is 217 Å². The molecule has 0 fully saturated rings. The van der Waals surface area contributed by atoms with Crippen LogP contribution in [0.25, 0.3) is 0 Å². The van der Waals surface area contributed by atoms with E-state index in [0.717, 1.165) is 33.9 Å². The fraction of sp³-hybridized carbons (Fsp3) is 0.538. The lowest BCUT2D eigenvalue weighted by Crippen LogP contribution is -2.36. The topological polar surface area (TPSA) is 121 Å². The van der Waals surface area contributed by atoms with Crippen LogP contribution in [0.2, 0.25) is 0 Å². The van der Waals surface area contributed by atoms with Gasteiger partial charge >= 0.3 is 0 Å². The van der Waals surface area contributed by atoms with Crippen LogP contribution in [0.1, 0.15) is 61.1 Å². The first-order valence-electron chi connectivity index (χ1n) is 11.7. The minimum atomic E-state index is -0.337. The maximum Gasteiger partial charge on any atom is 0.267 e. The molecule has 0 aromatic carbocycles. The molecule has 0 bridgehead atoms. The zero-order valence-electron chi connectivity index (χ0n) is 22.3. The highest BCUT2D eigenvalue weighted by Gasteiger charge is 2.32. The molecule has 2 aromatic rings. The minimum Gasteiger partial charge on any atom is -0.370 e. The molecule has 2 aliphatic rings. The molecule has 4 heterocycles. The van der Waals surface area contributed by atoms with Crippen molar-refractivity contribution in [3.05, 3.63) is 48.4 Å². The number of anilines is 2. The van der Waals surface area contributed by atoms with Crippen LogP contribution in [-0.2, 0) is 35.5 Å². The summed E-state index contributed by atoms with van der Waals surface area (Å²) in [5.74, 6) is 1.66. The molecule has 0 saturated heterocycles. The second kappa shape index (κ2) is 10.1. The van der Waals surface area contributed by atoms with Crippen molar-refractivity contribution < 1.29 is 9.47 Å². The van der Waals surface area contributed by atoms with Crippen LogP contribution in [0, 0.1) is 27.3 Å². The number of fused-ring (bicyclic) bond motifs is 2. The zero-order valence-corrected chi connectivity index (χ0v) is 23.1. The van der Waals surface area contributed by atoms with Gasteiger partial charge in [-0.15, -0.1) is 0 Å². The number of rotatable bonds is 2. The summed E-state index contributed by atoms with van der Waals surface area (Å²) in [5, 5.41) is 18.4. The predicted octanol–water partition coefficient (Wildman–Crippen LogP) is 3.70. The third-order valence-corrected chi connectivity index (χ3v) is 6.67. The summed E-state index contributed by atoms with van der Waals surface area (Å²) in [6.07, 6.45) is 1.29. The Hall–Kier alpha value is -3.18. The largest absolute Gasteiger partial charge is 0.370 e. The van der Waals surface area contributed by atoms with Gasteiger partial charge in [0.15, 0.2) is 0 Å². The Kier molecular flexibility index (Phi) is 7.66. The Morgan fingerprint density at radius 3 is 1.61 bits per heavy atom. The minimum absolute atomic E-state index is 0.215. The number of hydrogen-bond acceptors (Lipinski definition) is 8. The van der Waals surface area contributed by atoms with Crippen LogP contribution in [0.4, 0.5) is 11.6 Å². The van der Waals surface area contributed by atoms with Crippen LogP contribution in [-0.4, -0.2) is 49.4 Å². The molecule has 2 N–H and O–H groups in total. The van der Waals surface area contributed by atoms with Crippen LogP contribution in [0.5, 0.6) is 0 Å². The summed E-state index contributed by atoms with van der Waals surface area (Å²) >= 11 is 5.27. The molecule has 4 rings (SSSR count). The second-order valence-corrected chi connectivity index (χ2v) is 11.1. The van der Waals surface area contributed by atoms with Gasteiger partial charge in [-0.2, -0.15) is 10.5 Å². The van der Waals surface area contributed by atoms with Gasteiger partial charge in [0.25, 0.3) is 5.56 Å². The first-order valence-corrected chi connectivity index (χ1v) is 12.1. The van der Waals surface area contributed by atoms with Gasteiger partial charge in [0.05, 0.1) is 30.0 Å². The Balaban J connectivity index is 0.000000201. The van der Waals surface area contributed by atoms with Crippen LogP contribution in [0.3, 0.4) is 0 Å². The molecule has 9 nitrogen and oxygen atoms in total. The van der Waals surface area contributed by atoms with E-state index in [2.05, 4.69) is 16.0 Å². The Bertz CT molecular complexity index is 1270. The number of aromatic amines is 2. The molecule has 192 valence electrons. The van der Waals surface area contributed by atoms with E-state index in [4.69, 9.17) is 27.0 Å². The molecule has 0 radical (unpaired) electrons. The van der Waals surface area contributed by atoms with Crippen molar-refractivity contribution >= 4 is 23.9 Å². The average molecular weight is 511 g/mol. The Morgan fingerprint density at radius 2 is 1.19 bits per heavy atom. The quantitative estimate of drug-likeness (QED) is 0.587. The second-order valence-electron chi connectivity index (χ2n) is 10.7. The van der Waals surface area contributed by atoms with Crippen molar-refractivity contribution in [1.29, 1.82) is 10.5 Å². The number of aromatic nitrogens is 2. The van der Waals surface area contributed by atoms with Crippen LogP contribution >= 0.6 is 12.2 Å². The van der Waals surface area contributed by atoms with Crippen molar-refractivity contribution in [1.82, 2.24) is 9.97 Å². The molecule has 2 aliphatic heterocycles. The SMILES string of the molecule is CN(C)c1[nH]c(=O)c(C#N)c2c1COC(C)(C)C2.CN(C)c1[nH]c(=S)c(C#N)c2c1COC(C)(C)C2. The van der Waals surface area contributed by atoms with Crippen molar-refractivity contribution in [2.75, 3.05) is 38.0 Å². The van der Waals surface area contributed by atoms with Gasteiger partial charge in [0.2, 0.25) is 0 Å². The van der Waals surface area contributed by atoms with E-state index in [-0.39, 0.29) is 22.3 Å². The first-order chi connectivity index (χ1) is 16.7. The summed E-state index contributed by atoms with van der Waals surface area (Å²) in [7, 11) is 7.62. The molecule has 0 amide bonds. The summed E-state index contributed by atoms with van der Waals surface area (Å²) in [6.45, 7) is 8.93. The number of H-pyrrole nitrogens is 2. The lowest BCUT2D eigenvalue weighted by Gasteiger charge is -2.34. The smallest absolute Gasteiger partial charge is 0.267 e. The van der Waals surface area contributed by atoms with Crippen molar-refractivity contribution in [2.45, 2.75) is 65.0 Å². The molecule has 0 saturated carbocycles. The van der Waals surface area contributed by atoms with Crippen molar-refractivity contribution in [3.63, 3.8) is 0 Å². The summed E-state index contributed by atoms with van der Waals surface area (Å²) in [6, 6.07) is 4.23. The maximum absolute atomic E-state index is 11.9. The molecule has 2 aromatic heterocycles. The average Bonchev–Trinajstić information content (AvgIpc) is 2.77. The molecule has 0 unspecified atom stereocenters. The van der Waals surface area contributed by atoms with E-state index < -0.39 is 0 Å². The molecule has 36 heavy (non-hydrogen) atoms. The maximum atomic E-state index is 11.9. The van der Waals surface area contributed by atoms with E-state index >= 15 is 0 Å². The molecule has 0 aliphatic carbocycles. The molecule has 0 atom stereocenters. The first kappa shape index (κ1) is 27.4. The van der Waals surface area contributed by atoms with Crippen LogP contribution in [0.15, 0.2) is 4.79 Å². The monoisotopic (exact) mass is 510 g/mol. The molecule has 0 spiro atoms. The van der Waals surface area contributed by atoms with Gasteiger partial charge in [0, 0.05) is 52.2 Å². The van der Waals surface area contributed by atoms with E-state index in [1.165, 1.54) is 0 Å². The van der Waals surface area contributed by atoms with E-state index in [1.54, 1.807) is 0 Å². The number of nitriles is 2. The molecular weight excluding hydrogens is 476 g/mol. The fourth-order valence-electron chi connectivity index (χ4n) is 4.54. The third kappa shape index (κ3) is 5.46. The van der Waals surface area contributed by atoms with Crippen LogP contribution < -0.4 is 15.4 Å². The van der Waals surface area contributed by atoms with Gasteiger partial charge in [0.1, 0.15) is 34.0 Å². The third-order valence-electron chi connectivity index (χ3n) is 6.36. The van der Waals surface area contributed by atoms with Gasteiger partial charge in [-0.1, -0.05) is 12.2 Å². The number of hydrogen-bond donors (Lipinski definition) is 2. The predicted molar refractivity (Wildman–Crippen MR) is 142 cm³/mol. The van der Waals surface area contributed by atoms with Crippen molar-refractivity contribution in [3.8, 4) is 12.1 Å². The zero-order chi connectivity index (χ0) is 27.0. The molecule has 10 heteroatoms. The van der Waals surface area contributed by atoms with E-state index in [9.17, 15) is 10.1 Å². The standard InChI is InChI=1S/C13H17N3O2.C13H17N3OS/c1-13(2)5-8-9(6-14)12(17)15-11(16(3)4)10(8)7-18-13;1-13(2)5-8-9(6-14)12(18)15-11(16(3)4)10(8)7-17-13/h5,7H2,1-4H3,(H,15,17);5,7H2,1-4H3,(H,15,18). The van der Waals surface area contributed by atoms with Gasteiger partial charge in [-0.05, 0) is 38.8 Å². The highest BCUT2D eigenvalue weighted by molar-refractivity contribution is 7.71. The lowest BCUT2D eigenvalue weighted by atomic mass is 9.89. The lowest BCUT2D eigenvalue weighted by molar-refractivity contribution is -0.0403. The van der Waals surface area contributed by atoms with E-state index in [0.29, 0.717) is 36.3 Å². The molecular formula is C26H34N6O3S. The van der Waals surface area contributed by atoms with Gasteiger partial charge in [-0.25, -0.2) is 0 Å². The van der Waals surface area contributed by atoms with Crippen molar-refractivity contribution in [2.24, 2.45) is 0 Å². The number of ether oxygens (including phenoxy) is 2. The Morgan fingerprint density at radius 1 is 0.778 bits per heavy atom. The van der Waals surface area contributed by atoms with Gasteiger partial charge < -0.3 is 29.2 Å². The van der Waals surface area contributed by atoms with E-state index in [1.807, 2.05) is 71.8 Å². The number of pyridine rings is 2. The summed E-state index contributed by atoms with van der Waals surface area (Å²) in [4.78, 5) is 21.6.